The number of benzene rings is 2. The van der Waals surface area contributed by atoms with Crippen LogP contribution in [0.1, 0.15) is 44.1 Å². The summed E-state index contributed by atoms with van der Waals surface area (Å²) in [6, 6.07) is 9.99. The van der Waals surface area contributed by atoms with Gasteiger partial charge in [-0.1, -0.05) is 55.5 Å². The number of carbonyl (C=O) groups excluding carboxylic acids is 1. The average molecular weight is 489 g/mol. The van der Waals surface area contributed by atoms with Crippen molar-refractivity contribution >= 4 is 33.2 Å². The summed E-state index contributed by atoms with van der Waals surface area (Å²) >= 11 is 5.70. The second-order valence-corrected chi connectivity index (χ2v) is 10.0. The van der Waals surface area contributed by atoms with E-state index in [1.807, 2.05) is 0 Å². The predicted molar refractivity (Wildman–Crippen MR) is 117 cm³/mol. The summed E-state index contributed by atoms with van der Waals surface area (Å²) in [5.41, 5.74) is -1.46. The maximum atomic E-state index is 13.4. The molecule has 5 nitrogen and oxygen atoms in total. The lowest BCUT2D eigenvalue weighted by Crippen LogP contribution is -2.44. The highest BCUT2D eigenvalue weighted by Crippen LogP contribution is 2.38. The van der Waals surface area contributed by atoms with Gasteiger partial charge in [0.1, 0.15) is 6.54 Å². The first-order valence-electron chi connectivity index (χ1n) is 10.3. The molecule has 0 unspecified atom stereocenters. The van der Waals surface area contributed by atoms with E-state index in [9.17, 15) is 26.4 Å². The van der Waals surface area contributed by atoms with Crippen LogP contribution in [-0.2, 0) is 21.0 Å². The molecule has 174 valence electrons. The van der Waals surface area contributed by atoms with Gasteiger partial charge in [0.15, 0.2) is 0 Å². The van der Waals surface area contributed by atoms with Crippen molar-refractivity contribution in [2.75, 3.05) is 10.8 Å². The molecule has 0 saturated heterocycles. The number of carbonyl (C=O) groups is 1. The minimum Gasteiger partial charge on any atom is -0.352 e. The molecule has 0 aliphatic heterocycles. The van der Waals surface area contributed by atoms with Crippen LogP contribution in [0.3, 0.4) is 0 Å². The molecule has 0 atom stereocenters. The summed E-state index contributed by atoms with van der Waals surface area (Å²) < 4.78 is 67.5. The lowest BCUT2D eigenvalue weighted by atomic mass is 10.1. The average Bonchev–Trinajstić information content (AvgIpc) is 3.01. The fraction of sp³-hybridized carbons (Fsp3) is 0.409. The highest BCUT2D eigenvalue weighted by atomic mass is 35.5. The third-order valence-corrected chi connectivity index (χ3v) is 7.50. The molecule has 1 saturated carbocycles. The molecule has 1 amide bonds. The minimum atomic E-state index is -4.78. The van der Waals surface area contributed by atoms with Gasteiger partial charge in [-0.05, 0) is 43.2 Å². The predicted octanol–water partition coefficient (Wildman–Crippen LogP) is 5.39. The maximum absolute atomic E-state index is 13.4. The Hall–Kier alpha value is -2.26. The van der Waals surface area contributed by atoms with E-state index >= 15 is 0 Å². The number of nitrogens with zero attached hydrogens (tertiary/aromatic N) is 1. The van der Waals surface area contributed by atoms with E-state index in [1.165, 1.54) is 24.3 Å². The molecule has 1 N–H and O–H groups in total. The van der Waals surface area contributed by atoms with Crippen molar-refractivity contribution in [3.8, 4) is 0 Å². The fourth-order valence-electron chi connectivity index (χ4n) is 3.75. The molecule has 32 heavy (non-hydrogen) atoms. The van der Waals surface area contributed by atoms with Gasteiger partial charge in [-0.15, -0.1) is 0 Å². The minimum absolute atomic E-state index is 0.0813. The molecule has 3 rings (SSSR count). The highest BCUT2D eigenvalue weighted by Gasteiger charge is 2.35. The molecule has 2 aromatic carbocycles. The van der Waals surface area contributed by atoms with Crippen molar-refractivity contribution in [1.29, 1.82) is 0 Å². The van der Waals surface area contributed by atoms with E-state index < -0.39 is 39.2 Å². The van der Waals surface area contributed by atoms with Crippen LogP contribution < -0.4 is 9.62 Å². The molecular formula is C22H24ClF3N2O3S. The quantitative estimate of drug-likeness (QED) is 0.554. The molecule has 0 aromatic heterocycles. The Morgan fingerprint density at radius 3 is 2.25 bits per heavy atom. The molecule has 1 fully saturated rings. The summed E-state index contributed by atoms with van der Waals surface area (Å²) in [5, 5.41) is 2.29. The summed E-state index contributed by atoms with van der Waals surface area (Å²) in [6.45, 7) is -0.646. The van der Waals surface area contributed by atoms with E-state index in [0.717, 1.165) is 50.7 Å². The number of hydrogen-bond donors (Lipinski definition) is 1. The first-order valence-corrected chi connectivity index (χ1v) is 12.1. The molecule has 10 heteroatoms. The van der Waals surface area contributed by atoms with Crippen molar-refractivity contribution < 1.29 is 26.4 Å². The van der Waals surface area contributed by atoms with Crippen molar-refractivity contribution in [3.05, 3.63) is 59.1 Å². The van der Waals surface area contributed by atoms with Gasteiger partial charge in [0.05, 0.1) is 21.2 Å². The molecule has 0 bridgehead atoms. The second-order valence-electron chi connectivity index (χ2n) is 7.74. The summed E-state index contributed by atoms with van der Waals surface area (Å²) in [5.74, 6) is -0.570. The number of amides is 1. The monoisotopic (exact) mass is 488 g/mol. The zero-order valence-electron chi connectivity index (χ0n) is 17.2. The third kappa shape index (κ3) is 5.95. The number of hydrogen-bond acceptors (Lipinski definition) is 3. The lowest BCUT2D eigenvalue weighted by molar-refractivity contribution is -0.137. The maximum Gasteiger partial charge on any atom is 0.417 e. The van der Waals surface area contributed by atoms with Crippen LogP contribution in [0.5, 0.6) is 0 Å². The number of halogens is 4. The topological polar surface area (TPSA) is 66.5 Å². The Kier molecular flexibility index (Phi) is 7.71. The molecule has 1 aliphatic rings. The number of anilines is 1. The van der Waals surface area contributed by atoms with Gasteiger partial charge >= 0.3 is 6.18 Å². The smallest absolute Gasteiger partial charge is 0.352 e. The van der Waals surface area contributed by atoms with Crippen LogP contribution in [-0.4, -0.2) is 26.9 Å². The Bertz CT molecular complexity index is 1040. The SMILES string of the molecule is O=C(CN(c1ccc(Cl)c(C(F)(F)F)c1)S(=O)(=O)c1ccccc1)NC1CCCCCC1. The van der Waals surface area contributed by atoms with E-state index in [1.54, 1.807) is 6.07 Å². The van der Waals surface area contributed by atoms with Crippen LogP contribution >= 0.6 is 11.6 Å². The summed E-state index contributed by atoms with van der Waals surface area (Å²) in [4.78, 5) is 12.6. The van der Waals surface area contributed by atoms with Crippen molar-refractivity contribution in [1.82, 2.24) is 5.32 Å². The van der Waals surface area contributed by atoms with Gasteiger partial charge in [-0.2, -0.15) is 13.2 Å². The Balaban J connectivity index is 1.96. The second kappa shape index (κ2) is 10.1. The van der Waals surface area contributed by atoms with Gasteiger partial charge in [0, 0.05) is 6.04 Å². The zero-order valence-corrected chi connectivity index (χ0v) is 18.8. The molecule has 2 aromatic rings. The van der Waals surface area contributed by atoms with Gasteiger partial charge < -0.3 is 5.32 Å². The molecular weight excluding hydrogens is 465 g/mol. The van der Waals surface area contributed by atoms with Gasteiger partial charge in [-0.3, -0.25) is 9.10 Å². The zero-order chi connectivity index (χ0) is 23.4. The first-order chi connectivity index (χ1) is 15.1. The van der Waals surface area contributed by atoms with Gasteiger partial charge in [-0.25, -0.2) is 8.42 Å². The number of sulfonamides is 1. The van der Waals surface area contributed by atoms with Crippen LogP contribution in [0.2, 0.25) is 5.02 Å². The Morgan fingerprint density at radius 2 is 1.66 bits per heavy atom. The standard InChI is InChI=1S/C22H24ClF3N2O3S/c23-20-13-12-17(14-19(20)22(24,25)26)28(32(30,31)18-10-6-3-7-11-18)15-21(29)27-16-8-4-1-2-5-9-16/h3,6-7,10-14,16H,1-2,4-5,8-9,15H2,(H,27,29). The van der Waals surface area contributed by atoms with Crippen molar-refractivity contribution in [3.63, 3.8) is 0 Å². The van der Waals surface area contributed by atoms with E-state index in [2.05, 4.69) is 5.32 Å². The fourth-order valence-corrected chi connectivity index (χ4v) is 5.41. The number of nitrogens with one attached hydrogen (secondary N) is 1. The Labute approximate surface area is 190 Å². The third-order valence-electron chi connectivity index (χ3n) is 5.38. The molecule has 1 aliphatic carbocycles. The molecule has 0 heterocycles. The largest absolute Gasteiger partial charge is 0.417 e. The Morgan fingerprint density at radius 1 is 1.03 bits per heavy atom. The van der Waals surface area contributed by atoms with Crippen LogP contribution in [0.15, 0.2) is 53.4 Å². The van der Waals surface area contributed by atoms with E-state index in [-0.39, 0.29) is 16.6 Å². The lowest BCUT2D eigenvalue weighted by Gasteiger charge is -2.26. The van der Waals surface area contributed by atoms with E-state index in [0.29, 0.717) is 10.4 Å². The van der Waals surface area contributed by atoms with Crippen molar-refractivity contribution in [2.24, 2.45) is 0 Å². The van der Waals surface area contributed by atoms with Crippen LogP contribution in [0, 0.1) is 0 Å². The molecule has 0 spiro atoms. The summed E-state index contributed by atoms with van der Waals surface area (Å²) in [6.07, 6.45) is 0.870. The van der Waals surface area contributed by atoms with Gasteiger partial charge in [0.2, 0.25) is 5.91 Å². The molecule has 0 radical (unpaired) electrons. The normalized spacial score (nSPS) is 15.8. The number of alkyl halides is 3. The van der Waals surface area contributed by atoms with Gasteiger partial charge in [0.25, 0.3) is 10.0 Å². The van der Waals surface area contributed by atoms with E-state index in [4.69, 9.17) is 11.6 Å². The summed E-state index contributed by atoms with van der Waals surface area (Å²) in [7, 11) is -4.31. The van der Waals surface area contributed by atoms with Crippen LogP contribution in [0.25, 0.3) is 0 Å². The number of rotatable bonds is 6. The van der Waals surface area contributed by atoms with Crippen molar-refractivity contribution in [2.45, 2.75) is 55.6 Å². The van der Waals surface area contributed by atoms with Crippen LogP contribution in [0.4, 0.5) is 18.9 Å². The highest BCUT2D eigenvalue weighted by molar-refractivity contribution is 7.92. The first kappa shape index (κ1) is 24.4.